The molecule has 0 atom stereocenters. The molecule has 0 spiro atoms. The van der Waals surface area contributed by atoms with Crippen LogP contribution < -0.4 is 14.2 Å². The number of nitrogens with one attached hydrogen (secondary N) is 1. The van der Waals surface area contributed by atoms with Crippen LogP contribution in [0.15, 0.2) is 12.1 Å². The van der Waals surface area contributed by atoms with Gasteiger partial charge in [0, 0.05) is 11.6 Å². The molecule has 0 fully saturated rings. The lowest BCUT2D eigenvalue weighted by Crippen LogP contribution is -2.04. The van der Waals surface area contributed by atoms with Gasteiger partial charge in [0.05, 0.1) is 33.3 Å². The van der Waals surface area contributed by atoms with Crippen LogP contribution in [0.25, 0.3) is 10.4 Å². The number of methoxy groups -OCH3 is 4. The predicted octanol–water partition coefficient (Wildman–Crippen LogP) is 3.29. The van der Waals surface area contributed by atoms with Gasteiger partial charge in [-0.15, -0.1) is 11.3 Å². The molecule has 8 heteroatoms. The monoisotopic (exact) mass is 341 g/mol. The third kappa shape index (κ3) is 2.93. The molecular weight excluding hydrogens is 326 g/mol. The van der Waals surface area contributed by atoms with Gasteiger partial charge >= 0.3 is 5.97 Å². The Labute approximate surface area is 136 Å². The van der Waals surface area contributed by atoms with Gasteiger partial charge in [-0.1, -0.05) is 0 Å². The first-order valence-electron chi connectivity index (χ1n) is 6.17. The summed E-state index contributed by atoms with van der Waals surface area (Å²) in [6.45, 7) is 0. The van der Waals surface area contributed by atoms with E-state index in [1.807, 2.05) is 0 Å². The number of hydrogen-bond acceptors (Lipinski definition) is 7. The summed E-state index contributed by atoms with van der Waals surface area (Å²) in [6, 6.07) is 3.43. The summed E-state index contributed by atoms with van der Waals surface area (Å²) in [5, 5.41) is 0. The van der Waals surface area contributed by atoms with E-state index in [9.17, 15) is 4.79 Å². The second-order valence-electron chi connectivity index (χ2n) is 4.12. The van der Waals surface area contributed by atoms with Crippen molar-refractivity contribution in [3.8, 4) is 27.7 Å². The van der Waals surface area contributed by atoms with Gasteiger partial charge in [0.2, 0.25) is 0 Å². The minimum atomic E-state index is -0.501. The Morgan fingerprint density at radius 2 is 1.64 bits per heavy atom. The van der Waals surface area contributed by atoms with E-state index >= 15 is 0 Å². The molecule has 0 saturated carbocycles. The van der Waals surface area contributed by atoms with Gasteiger partial charge < -0.3 is 23.9 Å². The van der Waals surface area contributed by atoms with Crippen molar-refractivity contribution in [2.24, 2.45) is 0 Å². The quantitative estimate of drug-likeness (QED) is 0.665. The van der Waals surface area contributed by atoms with Crippen molar-refractivity contribution >= 4 is 29.5 Å². The standard InChI is InChI=1S/C14H15NO5S2/c1-17-8-6-10(19-3)9(18-2)5-7(8)12-11(13(16)20-4)15-14(21)22-12/h5-6H,1-4H3,(H,15,21). The first-order chi connectivity index (χ1) is 10.5. The Kier molecular flexibility index (Phi) is 5.04. The van der Waals surface area contributed by atoms with E-state index in [0.29, 0.717) is 31.6 Å². The summed E-state index contributed by atoms with van der Waals surface area (Å²) in [4.78, 5) is 15.4. The zero-order valence-electron chi connectivity index (χ0n) is 12.5. The lowest BCUT2D eigenvalue weighted by atomic mass is 10.1. The molecule has 0 aliphatic carbocycles. The molecule has 2 rings (SSSR count). The van der Waals surface area contributed by atoms with E-state index in [4.69, 9.17) is 31.2 Å². The van der Waals surface area contributed by atoms with E-state index in [0.717, 1.165) is 0 Å². The Balaban J connectivity index is 2.71. The van der Waals surface area contributed by atoms with E-state index in [2.05, 4.69) is 4.98 Å². The van der Waals surface area contributed by atoms with Crippen LogP contribution in [0.1, 0.15) is 10.5 Å². The molecule has 1 heterocycles. The predicted molar refractivity (Wildman–Crippen MR) is 85.9 cm³/mol. The van der Waals surface area contributed by atoms with Crippen molar-refractivity contribution in [2.45, 2.75) is 0 Å². The fourth-order valence-corrected chi connectivity index (χ4v) is 3.17. The lowest BCUT2D eigenvalue weighted by Gasteiger charge is -2.13. The molecule has 6 nitrogen and oxygen atoms in total. The number of aromatic amines is 1. The maximum absolute atomic E-state index is 11.9. The SMILES string of the molecule is COC(=O)c1[nH]c(=S)sc1-c1cc(OC)c(OC)cc1OC. The molecule has 118 valence electrons. The zero-order chi connectivity index (χ0) is 16.3. The molecule has 0 bridgehead atoms. The molecule has 0 aliphatic heterocycles. The molecular formula is C14H15NO5S2. The number of esters is 1. The Bertz CT molecular complexity index is 750. The van der Waals surface area contributed by atoms with E-state index in [-0.39, 0.29) is 5.69 Å². The van der Waals surface area contributed by atoms with Gasteiger partial charge in [0.25, 0.3) is 0 Å². The fourth-order valence-electron chi connectivity index (χ4n) is 1.97. The number of H-pyrrole nitrogens is 1. The molecule has 1 aromatic heterocycles. The lowest BCUT2D eigenvalue weighted by molar-refractivity contribution is 0.0595. The van der Waals surface area contributed by atoms with Crippen LogP contribution in [-0.4, -0.2) is 39.4 Å². The van der Waals surface area contributed by atoms with Crippen LogP contribution in [0, 0.1) is 3.95 Å². The summed E-state index contributed by atoms with van der Waals surface area (Å²) >= 11 is 6.39. The maximum atomic E-state index is 11.9. The third-order valence-electron chi connectivity index (χ3n) is 2.99. The summed E-state index contributed by atoms with van der Waals surface area (Å²) in [6.07, 6.45) is 0. The number of carbonyl (C=O) groups is 1. The Hall–Kier alpha value is -2.06. The molecule has 1 N–H and O–H groups in total. The van der Waals surface area contributed by atoms with E-state index in [1.54, 1.807) is 12.1 Å². The second kappa shape index (κ2) is 6.80. The van der Waals surface area contributed by atoms with Crippen LogP contribution in [0.3, 0.4) is 0 Å². The summed E-state index contributed by atoms with van der Waals surface area (Å²) in [5.74, 6) is 1.09. The minimum Gasteiger partial charge on any atom is -0.496 e. The van der Waals surface area contributed by atoms with Crippen molar-refractivity contribution in [3.63, 3.8) is 0 Å². The largest absolute Gasteiger partial charge is 0.496 e. The van der Waals surface area contributed by atoms with Gasteiger partial charge in [-0.3, -0.25) is 0 Å². The number of ether oxygens (including phenoxy) is 4. The number of thiazole rings is 1. The highest BCUT2D eigenvalue weighted by Gasteiger charge is 2.22. The number of aromatic nitrogens is 1. The summed E-state index contributed by atoms with van der Waals surface area (Å²) in [5.41, 5.74) is 0.945. The minimum absolute atomic E-state index is 0.281. The van der Waals surface area contributed by atoms with Crippen molar-refractivity contribution in [1.82, 2.24) is 4.98 Å². The Morgan fingerprint density at radius 3 is 2.18 bits per heavy atom. The van der Waals surface area contributed by atoms with Gasteiger partial charge in [-0.25, -0.2) is 4.79 Å². The Morgan fingerprint density at radius 1 is 1.05 bits per heavy atom. The molecule has 0 saturated heterocycles. The number of hydrogen-bond donors (Lipinski definition) is 1. The number of benzene rings is 1. The second-order valence-corrected chi connectivity index (χ2v) is 5.80. The van der Waals surface area contributed by atoms with Crippen LogP contribution in [0.5, 0.6) is 17.2 Å². The molecule has 1 aromatic carbocycles. The first-order valence-corrected chi connectivity index (χ1v) is 7.40. The van der Waals surface area contributed by atoms with Gasteiger partial charge in [-0.2, -0.15) is 0 Å². The van der Waals surface area contributed by atoms with Gasteiger partial charge in [-0.05, 0) is 18.3 Å². The highest BCUT2D eigenvalue weighted by Crippen LogP contribution is 2.42. The summed E-state index contributed by atoms with van der Waals surface area (Å²) in [7, 11) is 5.92. The van der Waals surface area contributed by atoms with Gasteiger partial charge in [0.15, 0.2) is 15.5 Å². The third-order valence-corrected chi connectivity index (χ3v) is 4.26. The normalized spacial score (nSPS) is 10.2. The molecule has 0 aliphatic rings. The fraction of sp³-hybridized carbons (Fsp3) is 0.286. The topological polar surface area (TPSA) is 69.8 Å². The zero-order valence-corrected chi connectivity index (χ0v) is 14.1. The van der Waals surface area contributed by atoms with Crippen molar-refractivity contribution in [1.29, 1.82) is 0 Å². The number of rotatable bonds is 5. The first kappa shape index (κ1) is 16.3. The van der Waals surface area contributed by atoms with E-state index in [1.165, 1.54) is 39.8 Å². The van der Waals surface area contributed by atoms with Crippen molar-refractivity contribution < 1.29 is 23.7 Å². The molecule has 2 aromatic rings. The molecule has 0 unspecified atom stereocenters. The van der Waals surface area contributed by atoms with Crippen molar-refractivity contribution in [2.75, 3.05) is 28.4 Å². The van der Waals surface area contributed by atoms with Crippen LogP contribution in [-0.2, 0) is 4.74 Å². The molecule has 0 amide bonds. The van der Waals surface area contributed by atoms with Crippen LogP contribution in [0.4, 0.5) is 0 Å². The van der Waals surface area contributed by atoms with Crippen LogP contribution in [0.2, 0.25) is 0 Å². The molecule has 22 heavy (non-hydrogen) atoms. The highest BCUT2D eigenvalue weighted by molar-refractivity contribution is 7.73. The summed E-state index contributed by atoms with van der Waals surface area (Å²) < 4.78 is 21.2. The number of carbonyl (C=O) groups excluding carboxylic acids is 1. The van der Waals surface area contributed by atoms with E-state index < -0.39 is 5.97 Å². The average Bonchev–Trinajstić information content (AvgIpc) is 2.94. The molecule has 0 radical (unpaired) electrons. The maximum Gasteiger partial charge on any atom is 0.356 e. The van der Waals surface area contributed by atoms with Crippen molar-refractivity contribution in [3.05, 3.63) is 21.8 Å². The van der Waals surface area contributed by atoms with Crippen LogP contribution >= 0.6 is 23.6 Å². The van der Waals surface area contributed by atoms with Gasteiger partial charge in [0.1, 0.15) is 11.4 Å². The average molecular weight is 341 g/mol. The highest BCUT2D eigenvalue weighted by atomic mass is 32.1. The smallest absolute Gasteiger partial charge is 0.356 e.